The summed E-state index contributed by atoms with van der Waals surface area (Å²) in [6.07, 6.45) is 3.51. The maximum absolute atomic E-state index is 12.3. The molecule has 0 aliphatic carbocycles. The number of methoxy groups -OCH3 is 1. The van der Waals surface area contributed by atoms with Gasteiger partial charge in [0.2, 0.25) is 0 Å². The molecule has 1 aromatic heterocycles. The summed E-state index contributed by atoms with van der Waals surface area (Å²) in [5.74, 6) is 0.774. The SMILES string of the molecule is CCOC(=O)c1cc(Cl)cnc1C1CCN(Cc2cccc(OC)c2)CC1. The van der Waals surface area contributed by atoms with Crippen LogP contribution in [0.2, 0.25) is 5.02 Å². The summed E-state index contributed by atoms with van der Waals surface area (Å²) in [5.41, 5.74) is 2.54. The third-order valence-electron chi connectivity index (χ3n) is 4.90. The van der Waals surface area contributed by atoms with Crippen molar-refractivity contribution in [2.24, 2.45) is 0 Å². The summed E-state index contributed by atoms with van der Waals surface area (Å²) in [4.78, 5) is 19.2. The quantitative estimate of drug-likeness (QED) is 0.690. The van der Waals surface area contributed by atoms with Gasteiger partial charge < -0.3 is 9.47 Å². The Morgan fingerprint density at radius 2 is 2.07 bits per heavy atom. The van der Waals surface area contributed by atoms with Gasteiger partial charge in [-0.2, -0.15) is 0 Å². The molecule has 0 unspecified atom stereocenters. The van der Waals surface area contributed by atoms with Gasteiger partial charge in [0, 0.05) is 18.7 Å². The predicted octanol–water partition coefficient (Wildman–Crippen LogP) is 4.30. The second-order valence-electron chi connectivity index (χ2n) is 6.71. The molecule has 3 rings (SSSR count). The fourth-order valence-corrected chi connectivity index (χ4v) is 3.70. The first kappa shape index (κ1) is 19.6. The summed E-state index contributed by atoms with van der Waals surface area (Å²) in [6, 6.07) is 9.84. The normalized spacial score (nSPS) is 15.5. The van der Waals surface area contributed by atoms with E-state index in [0.29, 0.717) is 17.2 Å². The molecule has 6 heteroatoms. The lowest BCUT2D eigenvalue weighted by molar-refractivity contribution is 0.0523. The molecule has 1 aromatic carbocycles. The topological polar surface area (TPSA) is 51.7 Å². The van der Waals surface area contributed by atoms with E-state index in [2.05, 4.69) is 22.0 Å². The minimum Gasteiger partial charge on any atom is -0.497 e. The van der Waals surface area contributed by atoms with Crippen LogP contribution in [-0.4, -0.2) is 42.7 Å². The second kappa shape index (κ2) is 9.20. The van der Waals surface area contributed by atoms with Gasteiger partial charge in [0.1, 0.15) is 5.75 Å². The number of hydrogen-bond donors (Lipinski definition) is 0. The number of piperidine rings is 1. The zero-order chi connectivity index (χ0) is 19.2. The highest BCUT2D eigenvalue weighted by Crippen LogP contribution is 2.31. The molecule has 5 nitrogen and oxygen atoms in total. The van der Waals surface area contributed by atoms with Crippen molar-refractivity contribution in [3.8, 4) is 5.75 Å². The molecule has 144 valence electrons. The van der Waals surface area contributed by atoms with Crippen molar-refractivity contribution in [2.75, 3.05) is 26.8 Å². The smallest absolute Gasteiger partial charge is 0.340 e. The van der Waals surface area contributed by atoms with Crippen LogP contribution in [0.15, 0.2) is 36.5 Å². The van der Waals surface area contributed by atoms with Crippen LogP contribution in [-0.2, 0) is 11.3 Å². The van der Waals surface area contributed by atoms with Gasteiger partial charge in [-0.05, 0) is 56.6 Å². The number of aromatic nitrogens is 1. The van der Waals surface area contributed by atoms with Gasteiger partial charge in [-0.25, -0.2) is 4.79 Å². The average molecular weight is 389 g/mol. The lowest BCUT2D eigenvalue weighted by Gasteiger charge is -2.32. The van der Waals surface area contributed by atoms with E-state index in [1.54, 1.807) is 26.3 Å². The van der Waals surface area contributed by atoms with Gasteiger partial charge >= 0.3 is 5.97 Å². The summed E-state index contributed by atoms with van der Waals surface area (Å²) >= 11 is 6.05. The van der Waals surface area contributed by atoms with Crippen LogP contribution < -0.4 is 4.74 Å². The van der Waals surface area contributed by atoms with Gasteiger partial charge in [0.05, 0.1) is 30.0 Å². The molecule has 0 radical (unpaired) electrons. The van der Waals surface area contributed by atoms with Crippen molar-refractivity contribution in [1.29, 1.82) is 0 Å². The van der Waals surface area contributed by atoms with E-state index in [0.717, 1.165) is 43.9 Å². The predicted molar refractivity (Wildman–Crippen MR) is 105 cm³/mol. The van der Waals surface area contributed by atoms with Crippen LogP contribution in [0.3, 0.4) is 0 Å². The van der Waals surface area contributed by atoms with E-state index >= 15 is 0 Å². The molecular formula is C21H25ClN2O3. The van der Waals surface area contributed by atoms with Crippen molar-refractivity contribution >= 4 is 17.6 Å². The fraction of sp³-hybridized carbons (Fsp3) is 0.429. The minimum absolute atomic E-state index is 0.239. The lowest BCUT2D eigenvalue weighted by atomic mass is 9.90. The monoisotopic (exact) mass is 388 g/mol. The summed E-state index contributed by atoms with van der Waals surface area (Å²) in [7, 11) is 1.69. The first-order chi connectivity index (χ1) is 13.1. The first-order valence-electron chi connectivity index (χ1n) is 9.28. The first-order valence-corrected chi connectivity index (χ1v) is 9.66. The standard InChI is InChI=1S/C21H25ClN2O3/c1-3-27-21(25)19-12-17(22)13-23-20(19)16-7-9-24(10-8-16)14-15-5-4-6-18(11-15)26-2/h4-6,11-13,16H,3,7-10,14H2,1-2H3. The summed E-state index contributed by atoms with van der Waals surface area (Å²) in [5, 5.41) is 0.456. The lowest BCUT2D eigenvalue weighted by Crippen LogP contribution is -2.33. The largest absolute Gasteiger partial charge is 0.497 e. The van der Waals surface area contributed by atoms with Crippen LogP contribution in [0.1, 0.15) is 47.3 Å². The van der Waals surface area contributed by atoms with Crippen LogP contribution in [0.25, 0.3) is 0 Å². The number of hydrogen-bond acceptors (Lipinski definition) is 5. The van der Waals surface area contributed by atoms with Crippen LogP contribution >= 0.6 is 11.6 Å². The number of halogens is 1. The highest BCUT2D eigenvalue weighted by Gasteiger charge is 2.26. The number of benzene rings is 1. The van der Waals surface area contributed by atoms with E-state index in [1.165, 1.54) is 5.56 Å². The zero-order valence-electron chi connectivity index (χ0n) is 15.8. The molecule has 0 bridgehead atoms. The molecule has 1 fully saturated rings. The number of likely N-dealkylation sites (tertiary alicyclic amines) is 1. The Bertz CT molecular complexity index is 789. The molecule has 1 aliphatic rings. The zero-order valence-corrected chi connectivity index (χ0v) is 16.5. The molecule has 27 heavy (non-hydrogen) atoms. The van der Waals surface area contributed by atoms with Gasteiger partial charge in [0.25, 0.3) is 0 Å². The number of pyridine rings is 1. The van der Waals surface area contributed by atoms with Crippen LogP contribution in [0.4, 0.5) is 0 Å². The number of esters is 1. The van der Waals surface area contributed by atoms with E-state index in [1.807, 2.05) is 12.1 Å². The Kier molecular flexibility index (Phi) is 6.69. The van der Waals surface area contributed by atoms with Gasteiger partial charge in [0.15, 0.2) is 0 Å². The molecule has 2 aromatic rings. The van der Waals surface area contributed by atoms with Gasteiger partial charge in [-0.15, -0.1) is 0 Å². The molecule has 0 spiro atoms. The maximum Gasteiger partial charge on any atom is 0.340 e. The summed E-state index contributed by atoms with van der Waals surface area (Å²) in [6.45, 7) is 4.93. The fourth-order valence-electron chi connectivity index (χ4n) is 3.54. The minimum atomic E-state index is -0.346. The molecular weight excluding hydrogens is 364 g/mol. The molecule has 0 atom stereocenters. The van der Waals surface area contributed by atoms with Crippen molar-refractivity contribution in [3.63, 3.8) is 0 Å². The van der Waals surface area contributed by atoms with Crippen molar-refractivity contribution in [1.82, 2.24) is 9.88 Å². The van der Waals surface area contributed by atoms with E-state index in [9.17, 15) is 4.79 Å². The number of nitrogens with zero attached hydrogens (tertiary/aromatic N) is 2. The Morgan fingerprint density at radius 3 is 2.78 bits per heavy atom. The number of carbonyl (C=O) groups is 1. The van der Waals surface area contributed by atoms with Crippen molar-refractivity contribution in [2.45, 2.75) is 32.2 Å². The molecule has 0 N–H and O–H groups in total. The number of rotatable bonds is 6. The average Bonchev–Trinajstić information content (AvgIpc) is 2.69. The van der Waals surface area contributed by atoms with Crippen molar-refractivity contribution in [3.05, 3.63) is 58.4 Å². The van der Waals surface area contributed by atoms with Crippen LogP contribution in [0.5, 0.6) is 5.75 Å². The molecule has 1 aliphatic heterocycles. The third kappa shape index (κ3) is 4.99. The van der Waals surface area contributed by atoms with Crippen molar-refractivity contribution < 1.29 is 14.3 Å². The highest BCUT2D eigenvalue weighted by atomic mass is 35.5. The maximum atomic E-state index is 12.3. The summed E-state index contributed by atoms with van der Waals surface area (Å²) < 4.78 is 10.5. The number of ether oxygens (including phenoxy) is 2. The van der Waals surface area contributed by atoms with E-state index in [-0.39, 0.29) is 11.9 Å². The van der Waals surface area contributed by atoms with E-state index in [4.69, 9.17) is 21.1 Å². The molecule has 0 amide bonds. The molecule has 2 heterocycles. The Labute approximate surface area is 165 Å². The highest BCUT2D eigenvalue weighted by molar-refractivity contribution is 6.30. The Morgan fingerprint density at radius 1 is 1.30 bits per heavy atom. The van der Waals surface area contributed by atoms with Gasteiger partial charge in [-0.3, -0.25) is 9.88 Å². The Hall–Kier alpha value is -2.11. The third-order valence-corrected chi connectivity index (χ3v) is 5.10. The Balaban J connectivity index is 1.66. The molecule has 0 saturated carbocycles. The number of carbonyl (C=O) groups excluding carboxylic acids is 1. The van der Waals surface area contributed by atoms with Crippen LogP contribution in [0, 0.1) is 0 Å². The van der Waals surface area contributed by atoms with E-state index < -0.39 is 0 Å². The van der Waals surface area contributed by atoms with Gasteiger partial charge in [-0.1, -0.05) is 23.7 Å². The second-order valence-corrected chi connectivity index (χ2v) is 7.15. The molecule has 1 saturated heterocycles.